The third kappa shape index (κ3) is 5.26. The molecule has 2 aromatic heterocycles. The van der Waals surface area contributed by atoms with Crippen LogP contribution in [0.4, 0.5) is 0 Å². The molecule has 0 aliphatic heterocycles. The molecule has 1 atom stereocenters. The van der Waals surface area contributed by atoms with Crippen LogP contribution in [0, 0.1) is 0 Å². The summed E-state index contributed by atoms with van der Waals surface area (Å²) in [6.45, 7) is 3.08. The van der Waals surface area contributed by atoms with Gasteiger partial charge in [-0.2, -0.15) is 0 Å². The summed E-state index contributed by atoms with van der Waals surface area (Å²) in [6.07, 6.45) is 4.22. The molecule has 1 N–H and O–H groups in total. The highest BCUT2D eigenvalue weighted by atomic mass is 32.2. The number of carbonyl (C=O) groups is 1. The molecule has 1 aliphatic carbocycles. The molecule has 1 amide bonds. The zero-order valence-corrected chi connectivity index (χ0v) is 20.8. The molecule has 0 saturated carbocycles. The minimum Gasteiger partial charge on any atom is -0.497 e. The summed E-state index contributed by atoms with van der Waals surface area (Å²) in [5, 5.41) is 3.89. The minimum absolute atomic E-state index is 0.0233. The summed E-state index contributed by atoms with van der Waals surface area (Å²) >= 11 is 2.94. The van der Waals surface area contributed by atoms with Crippen molar-refractivity contribution in [2.24, 2.45) is 0 Å². The molecule has 176 valence electrons. The van der Waals surface area contributed by atoms with Gasteiger partial charge in [-0.3, -0.25) is 14.2 Å². The van der Waals surface area contributed by atoms with E-state index < -0.39 is 5.25 Å². The normalized spacial score (nSPS) is 14.2. The summed E-state index contributed by atoms with van der Waals surface area (Å²) in [7, 11) is 3.24. The summed E-state index contributed by atoms with van der Waals surface area (Å²) in [5.41, 5.74) is 2.14. The molecule has 9 heteroatoms. The van der Waals surface area contributed by atoms with Gasteiger partial charge in [0.1, 0.15) is 10.6 Å². The molecule has 0 saturated heterocycles. The van der Waals surface area contributed by atoms with Gasteiger partial charge in [-0.25, -0.2) is 4.98 Å². The number of fused-ring (bicyclic) bond motifs is 3. The molecule has 7 nitrogen and oxygen atoms in total. The number of benzene rings is 1. The van der Waals surface area contributed by atoms with Crippen LogP contribution in [0.15, 0.2) is 34.2 Å². The smallest absolute Gasteiger partial charge is 0.263 e. The molecular formula is C24H29N3O4S2. The van der Waals surface area contributed by atoms with Crippen molar-refractivity contribution in [2.45, 2.75) is 56.1 Å². The maximum atomic E-state index is 13.5. The highest BCUT2D eigenvalue weighted by Gasteiger charge is 2.24. The predicted octanol–water partition coefficient (Wildman–Crippen LogP) is 3.79. The number of carbonyl (C=O) groups excluding carboxylic acids is 1. The maximum Gasteiger partial charge on any atom is 0.263 e. The first-order valence-electron chi connectivity index (χ1n) is 11.1. The highest BCUT2D eigenvalue weighted by Crippen LogP contribution is 2.35. The van der Waals surface area contributed by atoms with E-state index >= 15 is 0 Å². The Morgan fingerprint density at radius 3 is 2.73 bits per heavy atom. The molecule has 2 heterocycles. The SMILES string of the molecule is COCCn1c(SC(C)C(=O)NCc2ccc(OC)cc2)nc2sc3c(c2c1=O)CCCC3. The molecule has 33 heavy (non-hydrogen) atoms. The van der Waals surface area contributed by atoms with Crippen LogP contribution >= 0.6 is 23.1 Å². The second kappa shape index (κ2) is 10.7. The van der Waals surface area contributed by atoms with Crippen molar-refractivity contribution in [3.8, 4) is 5.75 Å². The second-order valence-corrected chi connectivity index (χ2v) is 10.5. The number of nitrogens with zero attached hydrogens (tertiary/aromatic N) is 2. The van der Waals surface area contributed by atoms with Gasteiger partial charge in [-0.15, -0.1) is 11.3 Å². The maximum absolute atomic E-state index is 13.5. The van der Waals surface area contributed by atoms with Crippen molar-refractivity contribution in [2.75, 3.05) is 20.8 Å². The van der Waals surface area contributed by atoms with E-state index in [-0.39, 0.29) is 11.5 Å². The number of thiophene rings is 1. The van der Waals surface area contributed by atoms with E-state index in [1.807, 2.05) is 31.2 Å². The first-order chi connectivity index (χ1) is 16.0. The van der Waals surface area contributed by atoms with Crippen LogP contribution in [-0.4, -0.2) is 41.5 Å². The van der Waals surface area contributed by atoms with Crippen LogP contribution in [0.2, 0.25) is 0 Å². The quantitative estimate of drug-likeness (QED) is 0.365. The van der Waals surface area contributed by atoms with E-state index in [0.717, 1.165) is 47.2 Å². The van der Waals surface area contributed by atoms with Crippen LogP contribution in [0.3, 0.4) is 0 Å². The Morgan fingerprint density at radius 2 is 2.00 bits per heavy atom. The molecule has 0 radical (unpaired) electrons. The first kappa shape index (κ1) is 23.8. The average Bonchev–Trinajstić information content (AvgIpc) is 3.21. The fourth-order valence-corrected chi connectivity index (χ4v) is 6.24. The Labute approximate surface area is 201 Å². The van der Waals surface area contributed by atoms with E-state index in [1.165, 1.54) is 22.2 Å². The lowest BCUT2D eigenvalue weighted by Crippen LogP contribution is -2.32. The lowest BCUT2D eigenvalue weighted by Gasteiger charge is -2.16. The van der Waals surface area contributed by atoms with Gasteiger partial charge in [0.2, 0.25) is 5.91 Å². The highest BCUT2D eigenvalue weighted by molar-refractivity contribution is 8.00. The third-order valence-corrected chi connectivity index (χ3v) is 8.11. The third-order valence-electron chi connectivity index (χ3n) is 5.84. The molecule has 1 unspecified atom stereocenters. The number of thioether (sulfide) groups is 1. The largest absolute Gasteiger partial charge is 0.497 e. The first-order valence-corrected chi connectivity index (χ1v) is 12.8. The zero-order chi connectivity index (χ0) is 23.4. The van der Waals surface area contributed by atoms with Gasteiger partial charge in [0, 0.05) is 18.5 Å². The molecular weight excluding hydrogens is 458 g/mol. The van der Waals surface area contributed by atoms with E-state index in [0.29, 0.717) is 24.9 Å². The van der Waals surface area contributed by atoms with Crippen LogP contribution < -0.4 is 15.6 Å². The number of hydrogen-bond donors (Lipinski definition) is 1. The van der Waals surface area contributed by atoms with E-state index in [4.69, 9.17) is 14.5 Å². The van der Waals surface area contributed by atoms with Crippen molar-refractivity contribution in [3.05, 3.63) is 50.6 Å². The Morgan fingerprint density at radius 1 is 1.24 bits per heavy atom. The molecule has 0 bridgehead atoms. The van der Waals surface area contributed by atoms with Crippen molar-refractivity contribution < 1.29 is 14.3 Å². The number of aryl methyl sites for hydroxylation is 2. The number of amides is 1. The lowest BCUT2D eigenvalue weighted by atomic mass is 9.97. The average molecular weight is 488 g/mol. The minimum atomic E-state index is -0.407. The second-order valence-electron chi connectivity index (χ2n) is 8.06. The molecule has 0 spiro atoms. The Balaban J connectivity index is 1.54. The van der Waals surface area contributed by atoms with E-state index in [2.05, 4.69) is 5.32 Å². The van der Waals surface area contributed by atoms with Crippen LogP contribution in [0.5, 0.6) is 5.75 Å². The molecule has 3 aromatic rings. The Kier molecular flexibility index (Phi) is 7.72. The Bertz CT molecular complexity index is 1190. The van der Waals surface area contributed by atoms with Gasteiger partial charge in [0.25, 0.3) is 5.56 Å². The van der Waals surface area contributed by atoms with Gasteiger partial charge >= 0.3 is 0 Å². The number of nitrogens with one attached hydrogen (secondary N) is 1. The predicted molar refractivity (Wildman–Crippen MR) is 133 cm³/mol. The van der Waals surface area contributed by atoms with E-state index in [1.54, 1.807) is 30.1 Å². The fourth-order valence-electron chi connectivity index (χ4n) is 3.98. The van der Waals surface area contributed by atoms with Crippen molar-refractivity contribution >= 4 is 39.2 Å². The van der Waals surface area contributed by atoms with Gasteiger partial charge in [0.05, 0.1) is 30.9 Å². The van der Waals surface area contributed by atoms with Crippen molar-refractivity contribution in [3.63, 3.8) is 0 Å². The summed E-state index contributed by atoms with van der Waals surface area (Å²) in [6, 6.07) is 7.59. The fraction of sp³-hybridized carbons (Fsp3) is 0.458. The molecule has 1 aromatic carbocycles. The van der Waals surface area contributed by atoms with Gasteiger partial charge in [0.15, 0.2) is 5.16 Å². The van der Waals surface area contributed by atoms with Gasteiger partial charge < -0.3 is 14.8 Å². The topological polar surface area (TPSA) is 82.4 Å². The summed E-state index contributed by atoms with van der Waals surface area (Å²) in [4.78, 5) is 33.2. The number of hydrogen-bond acceptors (Lipinski definition) is 7. The molecule has 1 aliphatic rings. The van der Waals surface area contributed by atoms with Gasteiger partial charge in [-0.05, 0) is 55.9 Å². The number of methoxy groups -OCH3 is 2. The van der Waals surface area contributed by atoms with Crippen LogP contribution in [0.1, 0.15) is 35.8 Å². The monoisotopic (exact) mass is 487 g/mol. The Hall–Kier alpha value is -2.36. The number of ether oxygens (including phenoxy) is 2. The molecule has 0 fully saturated rings. The zero-order valence-electron chi connectivity index (χ0n) is 19.2. The lowest BCUT2D eigenvalue weighted by molar-refractivity contribution is -0.120. The van der Waals surface area contributed by atoms with Gasteiger partial charge in [-0.1, -0.05) is 23.9 Å². The van der Waals surface area contributed by atoms with Crippen LogP contribution in [0.25, 0.3) is 10.2 Å². The number of aromatic nitrogens is 2. The summed E-state index contributed by atoms with van der Waals surface area (Å²) < 4.78 is 12.1. The van der Waals surface area contributed by atoms with Crippen molar-refractivity contribution in [1.29, 1.82) is 0 Å². The standard InChI is InChI=1S/C24H29N3O4S2/c1-15(21(28)25-14-16-8-10-17(31-3)11-9-16)32-24-26-22-20(23(29)27(24)12-13-30-2)18-6-4-5-7-19(18)33-22/h8-11,15H,4-7,12-14H2,1-3H3,(H,25,28). The number of rotatable bonds is 9. The summed E-state index contributed by atoms with van der Waals surface area (Å²) in [5.74, 6) is 0.675. The van der Waals surface area contributed by atoms with Crippen molar-refractivity contribution in [1.82, 2.24) is 14.9 Å². The van der Waals surface area contributed by atoms with E-state index in [9.17, 15) is 9.59 Å². The van der Waals surface area contributed by atoms with Crippen LogP contribution in [-0.2, 0) is 35.5 Å². The molecule has 4 rings (SSSR count).